The summed E-state index contributed by atoms with van der Waals surface area (Å²) in [5.41, 5.74) is 0.374. The third kappa shape index (κ3) is 3.19. The Labute approximate surface area is 78.4 Å². The number of aliphatic carboxylic acids is 1. The fraction of sp³-hybridized carbons (Fsp3) is 0.700. The fourth-order valence-corrected chi connectivity index (χ4v) is 1.47. The average Bonchev–Trinajstić information content (AvgIpc) is 2.04. The van der Waals surface area contributed by atoms with Gasteiger partial charge in [-0.15, -0.1) is 0 Å². The zero-order chi connectivity index (χ0) is 9.84. The molecule has 1 heterocycles. The summed E-state index contributed by atoms with van der Waals surface area (Å²) in [5, 5.41) is 8.65. The minimum Gasteiger partial charge on any atom is -0.478 e. The summed E-state index contributed by atoms with van der Waals surface area (Å²) in [6.45, 7) is 4.51. The molecule has 0 radical (unpaired) electrons. The minimum absolute atomic E-state index is 0.000139. The van der Waals surface area contributed by atoms with Crippen LogP contribution in [0.25, 0.3) is 0 Å². The van der Waals surface area contributed by atoms with Crippen LogP contribution in [0.4, 0.5) is 0 Å². The largest absolute Gasteiger partial charge is 0.478 e. The van der Waals surface area contributed by atoms with E-state index < -0.39 is 5.97 Å². The maximum absolute atomic E-state index is 10.5. The van der Waals surface area contributed by atoms with E-state index in [4.69, 9.17) is 9.84 Å². The number of carbonyl (C=O) groups is 1. The van der Waals surface area contributed by atoms with E-state index in [1.54, 1.807) is 13.0 Å². The number of hydrogen-bond acceptors (Lipinski definition) is 2. The molecule has 1 rings (SSSR count). The molecule has 0 spiro atoms. The smallest absolute Gasteiger partial charge is 0.331 e. The van der Waals surface area contributed by atoms with E-state index in [9.17, 15) is 4.79 Å². The molecule has 0 saturated carbocycles. The van der Waals surface area contributed by atoms with Crippen molar-refractivity contribution in [3.63, 3.8) is 0 Å². The first-order valence-electron chi connectivity index (χ1n) is 4.63. The van der Waals surface area contributed by atoms with Crippen molar-refractivity contribution in [2.45, 2.75) is 32.8 Å². The molecule has 1 fully saturated rings. The second-order valence-corrected chi connectivity index (χ2v) is 3.69. The Bertz CT molecular complexity index is 220. The molecule has 0 aromatic heterocycles. The van der Waals surface area contributed by atoms with Gasteiger partial charge in [0.25, 0.3) is 0 Å². The van der Waals surface area contributed by atoms with Gasteiger partial charge < -0.3 is 9.84 Å². The van der Waals surface area contributed by atoms with Crippen LogP contribution in [0.1, 0.15) is 26.7 Å². The molecule has 74 valence electrons. The highest BCUT2D eigenvalue weighted by Crippen LogP contribution is 2.20. The van der Waals surface area contributed by atoms with Gasteiger partial charge in [-0.3, -0.25) is 0 Å². The van der Waals surface area contributed by atoms with E-state index in [0.29, 0.717) is 11.5 Å². The van der Waals surface area contributed by atoms with Crippen LogP contribution in [0.2, 0.25) is 0 Å². The van der Waals surface area contributed by atoms with Gasteiger partial charge in [-0.2, -0.15) is 0 Å². The van der Waals surface area contributed by atoms with Crippen molar-refractivity contribution in [1.29, 1.82) is 0 Å². The Morgan fingerprint density at radius 1 is 1.62 bits per heavy atom. The van der Waals surface area contributed by atoms with Gasteiger partial charge in [-0.05, 0) is 31.8 Å². The van der Waals surface area contributed by atoms with Crippen LogP contribution in [0.3, 0.4) is 0 Å². The van der Waals surface area contributed by atoms with Crippen molar-refractivity contribution < 1.29 is 14.6 Å². The summed E-state index contributed by atoms with van der Waals surface area (Å²) < 4.78 is 5.43. The predicted molar refractivity (Wildman–Crippen MR) is 49.5 cm³/mol. The molecular formula is C10H16O3. The van der Waals surface area contributed by atoms with Crippen molar-refractivity contribution in [2.24, 2.45) is 5.92 Å². The molecule has 1 aliphatic rings. The Hall–Kier alpha value is -0.830. The first-order chi connectivity index (χ1) is 6.09. The summed E-state index contributed by atoms with van der Waals surface area (Å²) in [4.78, 5) is 10.5. The Morgan fingerprint density at radius 3 is 2.85 bits per heavy atom. The van der Waals surface area contributed by atoms with Crippen molar-refractivity contribution in [3.8, 4) is 0 Å². The van der Waals surface area contributed by atoms with E-state index in [1.807, 2.05) is 0 Å². The van der Waals surface area contributed by atoms with Crippen LogP contribution in [0.5, 0.6) is 0 Å². The number of carboxylic acids is 1. The molecule has 0 aromatic carbocycles. The molecule has 1 N–H and O–H groups in total. The third-order valence-corrected chi connectivity index (χ3v) is 2.35. The van der Waals surface area contributed by atoms with Crippen LogP contribution >= 0.6 is 0 Å². The lowest BCUT2D eigenvalue weighted by Crippen LogP contribution is -2.23. The van der Waals surface area contributed by atoms with Crippen LogP contribution in [-0.4, -0.2) is 23.8 Å². The molecule has 0 aromatic rings. The zero-order valence-corrected chi connectivity index (χ0v) is 8.12. The Morgan fingerprint density at radius 2 is 2.31 bits per heavy atom. The first-order valence-corrected chi connectivity index (χ1v) is 4.63. The highest BCUT2D eigenvalue weighted by Gasteiger charge is 2.18. The molecule has 2 atom stereocenters. The highest BCUT2D eigenvalue weighted by molar-refractivity contribution is 5.85. The van der Waals surface area contributed by atoms with Gasteiger partial charge in [0.15, 0.2) is 0 Å². The second kappa shape index (κ2) is 4.42. The van der Waals surface area contributed by atoms with Crippen molar-refractivity contribution in [1.82, 2.24) is 0 Å². The lowest BCUT2D eigenvalue weighted by molar-refractivity contribution is -0.132. The van der Waals surface area contributed by atoms with Crippen LogP contribution in [0, 0.1) is 5.92 Å². The molecular weight excluding hydrogens is 168 g/mol. The minimum atomic E-state index is -0.859. The molecule has 0 unspecified atom stereocenters. The molecule has 1 aliphatic heterocycles. The maximum atomic E-state index is 10.5. The van der Waals surface area contributed by atoms with Gasteiger partial charge in [0.2, 0.25) is 0 Å². The van der Waals surface area contributed by atoms with E-state index in [1.165, 1.54) is 0 Å². The van der Waals surface area contributed by atoms with Crippen molar-refractivity contribution in [3.05, 3.63) is 11.6 Å². The number of hydrogen-bond donors (Lipinski definition) is 1. The highest BCUT2D eigenvalue weighted by atomic mass is 16.5. The number of rotatable bonds is 2. The first kappa shape index (κ1) is 10.3. The van der Waals surface area contributed by atoms with E-state index in [-0.39, 0.29) is 6.10 Å². The maximum Gasteiger partial charge on any atom is 0.331 e. The van der Waals surface area contributed by atoms with Crippen LogP contribution < -0.4 is 0 Å². The Kier molecular flexibility index (Phi) is 3.48. The molecule has 0 bridgehead atoms. The quantitative estimate of drug-likeness (QED) is 0.666. The average molecular weight is 184 g/mol. The lowest BCUT2D eigenvalue weighted by Gasteiger charge is -2.25. The summed E-state index contributed by atoms with van der Waals surface area (Å²) in [7, 11) is 0. The topological polar surface area (TPSA) is 46.5 Å². The van der Waals surface area contributed by atoms with Gasteiger partial charge in [-0.25, -0.2) is 4.79 Å². The molecule has 0 aliphatic carbocycles. The fourth-order valence-electron chi connectivity index (χ4n) is 1.47. The molecule has 3 nitrogen and oxygen atoms in total. The number of ether oxygens (including phenoxy) is 1. The van der Waals surface area contributed by atoms with E-state index >= 15 is 0 Å². The summed E-state index contributed by atoms with van der Waals surface area (Å²) in [5.74, 6) is -0.224. The van der Waals surface area contributed by atoms with Gasteiger partial charge in [-0.1, -0.05) is 6.92 Å². The van der Waals surface area contributed by atoms with Crippen LogP contribution in [0.15, 0.2) is 11.6 Å². The van der Waals surface area contributed by atoms with Crippen LogP contribution in [-0.2, 0) is 9.53 Å². The van der Waals surface area contributed by atoms with E-state index in [0.717, 1.165) is 19.4 Å². The lowest BCUT2D eigenvalue weighted by atomic mass is 9.96. The van der Waals surface area contributed by atoms with Gasteiger partial charge in [0, 0.05) is 12.2 Å². The Balaban J connectivity index is 2.52. The standard InChI is InChI=1S/C10H16O3/c1-7-3-4-13-9(5-7)6-8(2)10(11)12/h6-7,9H,3-5H2,1-2H3,(H,11,12)/b8-6+/t7-,9-/m1/s1. The van der Waals surface area contributed by atoms with Crippen molar-refractivity contribution in [2.75, 3.05) is 6.61 Å². The molecule has 0 amide bonds. The second-order valence-electron chi connectivity index (χ2n) is 3.69. The number of carboxylic acid groups (broad SMARTS) is 1. The normalized spacial score (nSPS) is 30.2. The molecule has 3 heteroatoms. The molecule has 1 saturated heterocycles. The summed E-state index contributed by atoms with van der Waals surface area (Å²) >= 11 is 0. The van der Waals surface area contributed by atoms with Gasteiger partial charge in [0.1, 0.15) is 0 Å². The van der Waals surface area contributed by atoms with Gasteiger partial charge in [0.05, 0.1) is 6.10 Å². The van der Waals surface area contributed by atoms with Gasteiger partial charge >= 0.3 is 5.97 Å². The van der Waals surface area contributed by atoms with Crippen molar-refractivity contribution >= 4 is 5.97 Å². The SMILES string of the molecule is C/C(=C\[C@H]1C[C@H](C)CCO1)C(=O)O. The molecule has 13 heavy (non-hydrogen) atoms. The predicted octanol–water partition coefficient (Wildman–Crippen LogP) is 1.83. The summed E-state index contributed by atoms with van der Waals surface area (Å²) in [6, 6.07) is 0. The summed E-state index contributed by atoms with van der Waals surface area (Å²) in [6.07, 6.45) is 3.72. The third-order valence-electron chi connectivity index (χ3n) is 2.35. The monoisotopic (exact) mass is 184 g/mol. The van der Waals surface area contributed by atoms with E-state index in [2.05, 4.69) is 6.92 Å². The zero-order valence-electron chi connectivity index (χ0n) is 8.12.